The highest BCUT2D eigenvalue weighted by atomic mass is 32.2. The number of thioether (sulfide) groups is 1. The average molecular weight is 263 g/mol. The van der Waals surface area contributed by atoms with Crippen LogP contribution in [0, 0.1) is 5.82 Å². The van der Waals surface area contributed by atoms with Crippen LogP contribution in [0.15, 0.2) is 53.4 Å². The van der Waals surface area contributed by atoms with E-state index < -0.39 is 0 Å². The lowest BCUT2D eigenvalue weighted by molar-refractivity contribution is 0.343. The summed E-state index contributed by atoms with van der Waals surface area (Å²) in [5.41, 5.74) is 6.61. The number of halogens is 1. The Kier molecular flexibility index (Phi) is 4.47. The highest BCUT2D eigenvalue weighted by Gasteiger charge is 1.99. The first-order valence-corrected chi connectivity index (χ1v) is 6.60. The lowest BCUT2D eigenvalue weighted by atomic mass is 10.3. The summed E-state index contributed by atoms with van der Waals surface area (Å²) in [5, 5.41) is 0. The molecule has 0 atom stereocenters. The maximum atomic E-state index is 12.7. The second-order valence-electron chi connectivity index (χ2n) is 3.69. The molecule has 0 bridgehead atoms. The van der Waals surface area contributed by atoms with Crippen molar-refractivity contribution in [1.29, 1.82) is 0 Å². The van der Waals surface area contributed by atoms with E-state index in [1.807, 2.05) is 24.3 Å². The van der Waals surface area contributed by atoms with Crippen molar-refractivity contribution in [3.05, 3.63) is 54.3 Å². The monoisotopic (exact) mass is 263 g/mol. The maximum Gasteiger partial charge on any atom is 0.123 e. The minimum absolute atomic E-state index is 0.256. The Morgan fingerprint density at radius 3 is 2.50 bits per heavy atom. The maximum absolute atomic E-state index is 12.7. The fourth-order valence-electron chi connectivity index (χ4n) is 1.45. The molecule has 2 aromatic rings. The van der Waals surface area contributed by atoms with E-state index in [0.717, 1.165) is 16.3 Å². The van der Waals surface area contributed by atoms with Crippen LogP contribution in [0.5, 0.6) is 5.75 Å². The largest absolute Gasteiger partial charge is 0.493 e. The van der Waals surface area contributed by atoms with E-state index in [-0.39, 0.29) is 5.82 Å². The zero-order valence-electron chi connectivity index (χ0n) is 9.80. The summed E-state index contributed by atoms with van der Waals surface area (Å²) in [4.78, 5) is 1.06. The van der Waals surface area contributed by atoms with E-state index in [1.165, 1.54) is 12.1 Å². The fraction of sp³-hybridized carbons (Fsp3) is 0.143. The van der Waals surface area contributed by atoms with E-state index in [2.05, 4.69) is 0 Å². The van der Waals surface area contributed by atoms with E-state index in [4.69, 9.17) is 10.5 Å². The molecule has 0 aliphatic heterocycles. The van der Waals surface area contributed by atoms with Gasteiger partial charge < -0.3 is 10.5 Å². The van der Waals surface area contributed by atoms with Gasteiger partial charge in [0.15, 0.2) is 0 Å². The van der Waals surface area contributed by atoms with Gasteiger partial charge in [0.2, 0.25) is 0 Å². The van der Waals surface area contributed by atoms with Crippen LogP contribution in [-0.4, -0.2) is 12.4 Å². The summed E-state index contributed by atoms with van der Waals surface area (Å²) in [6, 6.07) is 13.7. The lowest BCUT2D eigenvalue weighted by Crippen LogP contribution is -2.00. The molecule has 2 nitrogen and oxygen atoms in total. The number of para-hydroxylation sites is 1. The first-order valence-electron chi connectivity index (χ1n) is 5.61. The molecule has 2 aromatic carbocycles. The molecule has 0 unspecified atom stereocenters. The van der Waals surface area contributed by atoms with Gasteiger partial charge >= 0.3 is 0 Å². The molecule has 18 heavy (non-hydrogen) atoms. The molecule has 0 saturated carbocycles. The van der Waals surface area contributed by atoms with Crippen molar-refractivity contribution in [3.8, 4) is 5.75 Å². The molecule has 0 amide bonds. The average Bonchev–Trinajstić information content (AvgIpc) is 2.39. The van der Waals surface area contributed by atoms with Crippen LogP contribution in [-0.2, 0) is 0 Å². The van der Waals surface area contributed by atoms with Gasteiger partial charge in [-0.15, -0.1) is 11.8 Å². The van der Waals surface area contributed by atoms with Gasteiger partial charge in [-0.1, -0.05) is 12.1 Å². The Hall–Kier alpha value is -1.68. The van der Waals surface area contributed by atoms with Crippen LogP contribution in [0.25, 0.3) is 0 Å². The molecule has 2 rings (SSSR count). The molecule has 2 N–H and O–H groups in total. The van der Waals surface area contributed by atoms with Gasteiger partial charge in [0.25, 0.3) is 0 Å². The second kappa shape index (κ2) is 6.31. The van der Waals surface area contributed by atoms with Crippen LogP contribution in [0.1, 0.15) is 0 Å². The summed E-state index contributed by atoms with van der Waals surface area (Å²) in [6.07, 6.45) is 0. The highest BCUT2D eigenvalue weighted by Crippen LogP contribution is 2.24. The first kappa shape index (κ1) is 12.8. The van der Waals surface area contributed by atoms with Crippen molar-refractivity contribution in [2.75, 3.05) is 18.1 Å². The number of hydrogen-bond donors (Lipinski definition) is 1. The number of ether oxygens (including phenoxy) is 1. The molecule has 0 heterocycles. The Bertz CT molecular complexity index is 501. The third-order valence-electron chi connectivity index (χ3n) is 2.34. The number of nitrogen functional groups attached to an aromatic ring is 1. The van der Waals surface area contributed by atoms with Gasteiger partial charge in [-0.3, -0.25) is 0 Å². The number of anilines is 1. The molecule has 0 spiro atoms. The summed E-state index contributed by atoms with van der Waals surface area (Å²) >= 11 is 1.65. The van der Waals surface area contributed by atoms with E-state index in [0.29, 0.717) is 12.4 Å². The Morgan fingerprint density at radius 1 is 1.06 bits per heavy atom. The van der Waals surface area contributed by atoms with Crippen LogP contribution in [0.2, 0.25) is 0 Å². The number of benzene rings is 2. The molecule has 0 aromatic heterocycles. The second-order valence-corrected chi connectivity index (χ2v) is 4.83. The predicted octanol–water partition coefficient (Wildman–Crippen LogP) is 3.58. The normalized spacial score (nSPS) is 10.3. The van der Waals surface area contributed by atoms with Crippen LogP contribution >= 0.6 is 11.8 Å². The van der Waals surface area contributed by atoms with Crippen molar-refractivity contribution < 1.29 is 9.13 Å². The molecule has 4 heteroatoms. The zero-order chi connectivity index (χ0) is 12.8. The summed E-state index contributed by atoms with van der Waals surface area (Å²) in [6.45, 7) is 0.560. The number of hydrogen-bond acceptors (Lipinski definition) is 3. The summed E-state index contributed by atoms with van der Waals surface area (Å²) in [5.74, 6) is 1.22. The molecular weight excluding hydrogens is 249 g/mol. The third kappa shape index (κ3) is 3.67. The summed E-state index contributed by atoms with van der Waals surface area (Å²) < 4.78 is 18.2. The Morgan fingerprint density at radius 2 is 1.78 bits per heavy atom. The quantitative estimate of drug-likeness (QED) is 0.509. The highest BCUT2D eigenvalue weighted by molar-refractivity contribution is 7.99. The van der Waals surface area contributed by atoms with E-state index >= 15 is 0 Å². The SMILES string of the molecule is Nc1ccccc1SCCOc1ccc(F)cc1. The van der Waals surface area contributed by atoms with Gasteiger partial charge in [0.1, 0.15) is 11.6 Å². The van der Waals surface area contributed by atoms with Gasteiger partial charge in [0.05, 0.1) is 6.61 Å². The lowest BCUT2D eigenvalue weighted by Gasteiger charge is -2.07. The summed E-state index contributed by atoms with van der Waals surface area (Å²) in [7, 11) is 0. The van der Waals surface area contributed by atoms with Crippen molar-refractivity contribution in [1.82, 2.24) is 0 Å². The van der Waals surface area contributed by atoms with Crippen molar-refractivity contribution in [2.24, 2.45) is 0 Å². The van der Waals surface area contributed by atoms with Crippen molar-refractivity contribution in [3.63, 3.8) is 0 Å². The smallest absolute Gasteiger partial charge is 0.123 e. The Balaban J connectivity index is 1.76. The minimum atomic E-state index is -0.256. The van der Waals surface area contributed by atoms with Crippen LogP contribution < -0.4 is 10.5 Å². The molecule has 0 saturated heterocycles. The van der Waals surface area contributed by atoms with Crippen LogP contribution in [0.4, 0.5) is 10.1 Å². The van der Waals surface area contributed by atoms with Gasteiger partial charge in [-0.05, 0) is 36.4 Å². The van der Waals surface area contributed by atoms with E-state index in [9.17, 15) is 4.39 Å². The minimum Gasteiger partial charge on any atom is -0.493 e. The molecule has 0 aliphatic rings. The van der Waals surface area contributed by atoms with Gasteiger partial charge in [0, 0.05) is 16.3 Å². The molecule has 0 radical (unpaired) electrons. The predicted molar refractivity (Wildman–Crippen MR) is 73.5 cm³/mol. The van der Waals surface area contributed by atoms with Gasteiger partial charge in [-0.25, -0.2) is 4.39 Å². The first-order chi connectivity index (χ1) is 8.75. The van der Waals surface area contributed by atoms with Crippen LogP contribution in [0.3, 0.4) is 0 Å². The topological polar surface area (TPSA) is 35.2 Å². The molecule has 0 aliphatic carbocycles. The number of rotatable bonds is 5. The van der Waals surface area contributed by atoms with Crippen molar-refractivity contribution in [2.45, 2.75) is 4.90 Å². The zero-order valence-corrected chi connectivity index (χ0v) is 10.6. The number of nitrogens with two attached hydrogens (primary N) is 1. The van der Waals surface area contributed by atoms with E-state index in [1.54, 1.807) is 23.9 Å². The standard InChI is InChI=1S/C14H14FNOS/c15-11-5-7-12(8-6-11)17-9-10-18-14-4-2-1-3-13(14)16/h1-8H,9-10,16H2. The van der Waals surface area contributed by atoms with Gasteiger partial charge in [-0.2, -0.15) is 0 Å². The third-order valence-corrected chi connectivity index (χ3v) is 3.40. The Labute approximate surface area is 110 Å². The molecule has 0 fully saturated rings. The fourth-order valence-corrected chi connectivity index (χ4v) is 2.25. The van der Waals surface area contributed by atoms with Crippen molar-refractivity contribution >= 4 is 17.4 Å². The molecule has 94 valence electrons. The molecular formula is C14H14FNOS.